The molecule has 4 atom stereocenters. The molecule has 7 nitrogen and oxygen atoms in total. The highest BCUT2D eigenvalue weighted by atomic mass is 16.6. The molecule has 2 rings (SSSR count). The van der Waals surface area contributed by atoms with E-state index in [4.69, 9.17) is 14.2 Å². The summed E-state index contributed by atoms with van der Waals surface area (Å²) in [6, 6.07) is -0.254. The molecule has 118 valence electrons. The molecule has 0 aromatic carbocycles. The summed E-state index contributed by atoms with van der Waals surface area (Å²) >= 11 is 0. The van der Waals surface area contributed by atoms with E-state index in [1.165, 1.54) is 20.8 Å². The van der Waals surface area contributed by atoms with Crippen LogP contribution in [0.15, 0.2) is 0 Å². The molecule has 2 saturated heterocycles. The SMILES string of the molecule is CC(=O)O[C@@H]1[C@@H]2[C@@H](OC(C)=O)CCCN2C[C@H]1OC(C)=O. The number of ether oxygens (including phenoxy) is 3. The largest absolute Gasteiger partial charge is 0.461 e. The summed E-state index contributed by atoms with van der Waals surface area (Å²) in [5, 5.41) is 0. The fraction of sp³-hybridized carbons (Fsp3) is 0.786. The van der Waals surface area contributed by atoms with Crippen LogP contribution in [0.4, 0.5) is 0 Å². The molecule has 21 heavy (non-hydrogen) atoms. The quantitative estimate of drug-likeness (QED) is 0.546. The highest BCUT2D eigenvalue weighted by Gasteiger charge is 2.51. The monoisotopic (exact) mass is 299 g/mol. The van der Waals surface area contributed by atoms with E-state index < -0.39 is 24.1 Å². The van der Waals surface area contributed by atoms with Gasteiger partial charge in [-0.15, -0.1) is 0 Å². The zero-order valence-corrected chi connectivity index (χ0v) is 12.5. The molecule has 0 amide bonds. The Morgan fingerprint density at radius 2 is 1.48 bits per heavy atom. The number of esters is 3. The number of hydrogen-bond acceptors (Lipinski definition) is 7. The second-order valence-electron chi connectivity index (χ2n) is 5.50. The number of piperidine rings is 1. The van der Waals surface area contributed by atoms with Gasteiger partial charge < -0.3 is 14.2 Å². The van der Waals surface area contributed by atoms with Crippen molar-refractivity contribution in [3.8, 4) is 0 Å². The van der Waals surface area contributed by atoms with Crippen molar-refractivity contribution in [3.05, 3.63) is 0 Å². The molecule has 2 aliphatic heterocycles. The maximum atomic E-state index is 11.3. The predicted octanol–water partition coefficient (Wildman–Crippen LogP) is 0.259. The van der Waals surface area contributed by atoms with Crippen LogP contribution in [0.3, 0.4) is 0 Å². The molecule has 7 heteroatoms. The first-order valence-electron chi connectivity index (χ1n) is 7.14. The first-order chi connectivity index (χ1) is 9.88. The number of nitrogens with zero attached hydrogens (tertiary/aromatic N) is 1. The zero-order chi connectivity index (χ0) is 15.6. The van der Waals surface area contributed by atoms with E-state index in [1.807, 2.05) is 0 Å². The van der Waals surface area contributed by atoms with Crippen LogP contribution in [0.5, 0.6) is 0 Å². The van der Waals surface area contributed by atoms with Gasteiger partial charge in [-0.05, 0) is 19.4 Å². The van der Waals surface area contributed by atoms with Crippen LogP contribution < -0.4 is 0 Å². The average molecular weight is 299 g/mol. The average Bonchev–Trinajstić information content (AvgIpc) is 2.66. The fourth-order valence-corrected chi connectivity index (χ4v) is 3.23. The van der Waals surface area contributed by atoms with E-state index in [0.29, 0.717) is 13.0 Å². The van der Waals surface area contributed by atoms with Gasteiger partial charge >= 0.3 is 17.9 Å². The lowest BCUT2D eigenvalue weighted by Gasteiger charge is -2.37. The topological polar surface area (TPSA) is 82.1 Å². The Morgan fingerprint density at radius 1 is 0.905 bits per heavy atom. The number of fused-ring (bicyclic) bond motifs is 1. The molecule has 0 saturated carbocycles. The molecule has 2 fully saturated rings. The van der Waals surface area contributed by atoms with Crippen molar-refractivity contribution in [1.82, 2.24) is 4.90 Å². The molecule has 0 bridgehead atoms. The van der Waals surface area contributed by atoms with Gasteiger partial charge in [-0.2, -0.15) is 0 Å². The molecule has 0 spiro atoms. The second-order valence-corrected chi connectivity index (χ2v) is 5.50. The molecule has 0 N–H and O–H groups in total. The molecular formula is C14H21NO6. The van der Waals surface area contributed by atoms with Crippen LogP contribution in [0.25, 0.3) is 0 Å². The number of carbonyl (C=O) groups is 3. The highest BCUT2D eigenvalue weighted by molar-refractivity contribution is 5.68. The van der Waals surface area contributed by atoms with Gasteiger partial charge in [0.1, 0.15) is 6.10 Å². The molecule has 0 radical (unpaired) electrons. The lowest BCUT2D eigenvalue weighted by atomic mass is 9.96. The predicted molar refractivity (Wildman–Crippen MR) is 71.3 cm³/mol. The first kappa shape index (κ1) is 15.8. The minimum Gasteiger partial charge on any atom is -0.461 e. The summed E-state index contributed by atoms with van der Waals surface area (Å²) in [5.74, 6) is -1.22. The summed E-state index contributed by atoms with van der Waals surface area (Å²) in [6.07, 6.45) is 0.129. The van der Waals surface area contributed by atoms with E-state index in [9.17, 15) is 14.4 Å². The Balaban J connectivity index is 2.20. The van der Waals surface area contributed by atoms with Crippen molar-refractivity contribution in [2.75, 3.05) is 13.1 Å². The molecule has 2 aliphatic rings. The standard InChI is InChI=1S/C14H21NO6/c1-8(16)19-11-5-4-6-15-7-12(20-9(2)17)14(13(11)15)21-10(3)18/h11-14H,4-7H2,1-3H3/t11-,12+,13-,14-/m0/s1. The van der Waals surface area contributed by atoms with E-state index in [2.05, 4.69) is 4.90 Å². The minimum atomic E-state index is -0.601. The maximum Gasteiger partial charge on any atom is 0.303 e. The van der Waals surface area contributed by atoms with E-state index in [0.717, 1.165) is 13.0 Å². The van der Waals surface area contributed by atoms with Gasteiger partial charge in [-0.3, -0.25) is 19.3 Å². The molecule has 0 unspecified atom stereocenters. The molecule has 0 aliphatic carbocycles. The van der Waals surface area contributed by atoms with Crippen LogP contribution in [-0.4, -0.2) is 60.3 Å². The summed E-state index contributed by atoms with van der Waals surface area (Å²) in [6.45, 7) is 5.29. The lowest BCUT2D eigenvalue weighted by Crippen LogP contribution is -2.51. The summed E-state index contributed by atoms with van der Waals surface area (Å²) in [4.78, 5) is 35.9. The molecule has 0 aromatic heterocycles. The Morgan fingerprint density at radius 3 is 2.05 bits per heavy atom. The van der Waals surface area contributed by atoms with Crippen LogP contribution >= 0.6 is 0 Å². The molecular weight excluding hydrogens is 278 g/mol. The van der Waals surface area contributed by atoms with Crippen LogP contribution in [-0.2, 0) is 28.6 Å². The number of rotatable bonds is 3. The molecule has 0 aromatic rings. The Bertz CT molecular complexity index is 437. The van der Waals surface area contributed by atoms with Gasteiger partial charge in [0.2, 0.25) is 0 Å². The summed E-state index contributed by atoms with van der Waals surface area (Å²) in [7, 11) is 0. The van der Waals surface area contributed by atoms with E-state index in [-0.39, 0.29) is 18.1 Å². The van der Waals surface area contributed by atoms with Gasteiger partial charge in [-0.25, -0.2) is 0 Å². The lowest BCUT2D eigenvalue weighted by molar-refractivity contribution is -0.169. The third-order valence-corrected chi connectivity index (χ3v) is 3.79. The van der Waals surface area contributed by atoms with Gasteiger partial charge in [0.15, 0.2) is 12.2 Å². The van der Waals surface area contributed by atoms with Crippen molar-refractivity contribution >= 4 is 17.9 Å². The number of hydrogen-bond donors (Lipinski definition) is 0. The van der Waals surface area contributed by atoms with Crippen molar-refractivity contribution < 1.29 is 28.6 Å². The van der Waals surface area contributed by atoms with E-state index in [1.54, 1.807) is 0 Å². The van der Waals surface area contributed by atoms with Gasteiger partial charge in [-0.1, -0.05) is 0 Å². The van der Waals surface area contributed by atoms with Gasteiger partial charge in [0.05, 0.1) is 6.04 Å². The Hall–Kier alpha value is -1.63. The third kappa shape index (κ3) is 3.72. The van der Waals surface area contributed by atoms with Crippen LogP contribution in [0, 0.1) is 0 Å². The van der Waals surface area contributed by atoms with Gasteiger partial charge in [0, 0.05) is 27.3 Å². The Kier molecular flexibility index (Phi) is 4.82. The first-order valence-corrected chi connectivity index (χ1v) is 7.14. The smallest absolute Gasteiger partial charge is 0.303 e. The minimum absolute atomic E-state index is 0.254. The van der Waals surface area contributed by atoms with Crippen molar-refractivity contribution in [3.63, 3.8) is 0 Å². The normalized spacial score (nSPS) is 32.1. The number of carbonyl (C=O) groups excluding carboxylic acids is 3. The van der Waals surface area contributed by atoms with Crippen molar-refractivity contribution in [2.24, 2.45) is 0 Å². The van der Waals surface area contributed by atoms with Gasteiger partial charge in [0.25, 0.3) is 0 Å². The summed E-state index contributed by atoms with van der Waals surface area (Å²) in [5.41, 5.74) is 0. The summed E-state index contributed by atoms with van der Waals surface area (Å²) < 4.78 is 16.0. The van der Waals surface area contributed by atoms with Crippen molar-refractivity contribution in [1.29, 1.82) is 0 Å². The zero-order valence-electron chi connectivity index (χ0n) is 12.5. The fourth-order valence-electron chi connectivity index (χ4n) is 3.23. The third-order valence-electron chi connectivity index (χ3n) is 3.79. The van der Waals surface area contributed by atoms with Crippen molar-refractivity contribution in [2.45, 2.75) is 58.0 Å². The maximum absolute atomic E-state index is 11.3. The Labute approximate surface area is 123 Å². The molecule has 2 heterocycles. The highest BCUT2D eigenvalue weighted by Crippen LogP contribution is 2.33. The van der Waals surface area contributed by atoms with E-state index >= 15 is 0 Å². The second kappa shape index (κ2) is 6.43. The van der Waals surface area contributed by atoms with Crippen LogP contribution in [0.2, 0.25) is 0 Å². The van der Waals surface area contributed by atoms with Crippen LogP contribution in [0.1, 0.15) is 33.6 Å².